The highest BCUT2D eigenvalue weighted by molar-refractivity contribution is 5.85. The normalized spacial score (nSPS) is 25.1. The SMILES string of the molecule is COc1ccc([C@@H]2C[C@H]3C(=O)CC[C@H]3c3ccc(OC)cc32)cc1. The number of hydrogen-bond acceptors (Lipinski definition) is 3. The summed E-state index contributed by atoms with van der Waals surface area (Å²) in [5.74, 6) is 2.96. The highest BCUT2D eigenvalue weighted by Crippen LogP contribution is 2.51. The van der Waals surface area contributed by atoms with Crippen molar-refractivity contribution in [2.24, 2.45) is 5.92 Å². The molecule has 0 bridgehead atoms. The van der Waals surface area contributed by atoms with Crippen molar-refractivity contribution in [3.05, 3.63) is 59.2 Å². The average Bonchev–Trinajstić information content (AvgIpc) is 3.01. The molecule has 0 aliphatic heterocycles. The Balaban J connectivity index is 1.81. The van der Waals surface area contributed by atoms with E-state index in [1.165, 1.54) is 16.7 Å². The molecule has 0 saturated heterocycles. The largest absolute Gasteiger partial charge is 0.497 e. The van der Waals surface area contributed by atoms with Crippen LogP contribution < -0.4 is 9.47 Å². The summed E-state index contributed by atoms with van der Waals surface area (Å²) in [7, 11) is 3.38. The lowest BCUT2D eigenvalue weighted by Crippen LogP contribution is -2.24. The second kappa shape index (κ2) is 5.97. The van der Waals surface area contributed by atoms with Gasteiger partial charge in [0.05, 0.1) is 14.2 Å². The van der Waals surface area contributed by atoms with Crippen molar-refractivity contribution in [3.8, 4) is 11.5 Å². The fraction of sp³-hybridized carbons (Fsp3) is 0.381. The molecule has 0 heterocycles. The Morgan fingerprint density at radius 1 is 0.875 bits per heavy atom. The summed E-state index contributed by atoms with van der Waals surface area (Å²) in [6.07, 6.45) is 2.60. The van der Waals surface area contributed by atoms with Crippen LogP contribution in [-0.2, 0) is 4.79 Å². The topological polar surface area (TPSA) is 35.5 Å². The van der Waals surface area contributed by atoms with Gasteiger partial charge in [0.2, 0.25) is 0 Å². The van der Waals surface area contributed by atoms with E-state index in [-0.39, 0.29) is 11.8 Å². The summed E-state index contributed by atoms with van der Waals surface area (Å²) < 4.78 is 10.7. The zero-order valence-electron chi connectivity index (χ0n) is 14.1. The molecule has 2 aromatic rings. The summed E-state index contributed by atoms with van der Waals surface area (Å²) in [6, 6.07) is 14.6. The Morgan fingerprint density at radius 3 is 2.29 bits per heavy atom. The molecule has 0 spiro atoms. The van der Waals surface area contributed by atoms with E-state index in [1.54, 1.807) is 14.2 Å². The number of ketones is 1. The van der Waals surface area contributed by atoms with E-state index in [0.29, 0.717) is 11.7 Å². The fourth-order valence-electron chi connectivity index (χ4n) is 4.43. The van der Waals surface area contributed by atoms with E-state index in [1.807, 2.05) is 18.2 Å². The number of benzene rings is 2. The molecule has 2 aliphatic carbocycles. The molecule has 3 atom stereocenters. The molecule has 1 saturated carbocycles. The van der Waals surface area contributed by atoms with Crippen LogP contribution in [0.5, 0.6) is 11.5 Å². The Morgan fingerprint density at radius 2 is 1.58 bits per heavy atom. The first-order chi connectivity index (χ1) is 11.7. The van der Waals surface area contributed by atoms with Crippen LogP contribution in [0.25, 0.3) is 0 Å². The van der Waals surface area contributed by atoms with E-state index in [2.05, 4.69) is 24.3 Å². The first-order valence-electron chi connectivity index (χ1n) is 8.55. The summed E-state index contributed by atoms with van der Waals surface area (Å²) >= 11 is 0. The van der Waals surface area contributed by atoms with Gasteiger partial charge in [0, 0.05) is 18.3 Å². The number of carbonyl (C=O) groups is 1. The van der Waals surface area contributed by atoms with Crippen LogP contribution in [0, 0.1) is 5.92 Å². The third-order valence-electron chi connectivity index (χ3n) is 5.68. The van der Waals surface area contributed by atoms with Gasteiger partial charge in [-0.15, -0.1) is 0 Å². The van der Waals surface area contributed by atoms with Gasteiger partial charge in [-0.2, -0.15) is 0 Å². The van der Waals surface area contributed by atoms with Gasteiger partial charge in [0.15, 0.2) is 0 Å². The predicted molar refractivity (Wildman–Crippen MR) is 92.9 cm³/mol. The van der Waals surface area contributed by atoms with Gasteiger partial charge in [-0.3, -0.25) is 4.79 Å². The van der Waals surface area contributed by atoms with Gasteiger partial charge in [-0.1, -0.05) is 18.2 Å². The molecule has 4 rings (SSSR count). The van der Waals surface area contributed by atoms with Crippen LogP contribution in [-0.4, -0.2) is 20.0 Å². The minimum absolute atomic E-state index is 0.165. The van der Waals surface area contributed by atoms with Crippen molar-refractivity contribution < 1.29 is 14.3 Å². The Bertz CT molecular complexity index is 763. The molecular formula is C21H22O3. The first kappa shape index (κ1) is 15.3. The third kappa shape index (κ3) is 2.39. The number of Topliss-reactive ketones (excluding diaryl/α,β-unsaturated/α-hetero) is 1. The highest BCUT2D eigenvalue weighted by Gasteiger charge is 2.42. The lowest BCUT2D eigenvalue weighted by Gasteiger charge is -2.34. The second-order valence-corrected chi connectivity index (χ2v) is 6.77. The van der Waals surface area contributed by atoms with Crippen molar-refractivity contribution in [1.82, 2.24) is 0 Å². The molecule has 2 aliphatic rings. The summed E-state index contributed by atoms with van der Waals surface area (Å²) in [6.45, 7) is 0. The van der Waals surface area contributed by atoms with Crippen molar-refractivity contribution >= 4 is 5.78 Å². The number of hydrogen-bond donors (Lipinski definition) is 0. The van der Waals surface area contributed by atoms with Crippen LogP contribution in [0.15, 0.2) is 42.5 Å². The summed E-state index contributed by atoms with van der Waals surface area (Å²) in [4.78, 5) is 12.4. The molecular weight excluding hydrogens is 300 g/mol. The number of methoxy groups -OCH3 is 2. The minimum Gasteiger partial charge on any atom is -0.497 e. The maximum atomic E-state index is 12.4. The van der Waals surface area contributed by atoms with E-state index in [9.17, 15) is 4.79 Å². The molecule has 2 aromatic carbocycles. The Labute approximate surface area is 142 Å². The van der Waals surface area contributed by atoms with E-state index in [4.69, 9.17) is 9.47 Å². The molecule has 3 nitrogen and oxygen atoms in total. The van der Waals surface area contributed by atoms with Crippen molar-refractivity contribution in [1.29, 1.82) is 0 Å². The van der Waals surface area contributed by atoms with E-state index < -0.39 is 0 Å². The Kier molecular flexibility index (Phi) is 3.79. The fourth-order valence-corrected chi connectivity index (χ4v) is 4.43. The minimum atomic E-state index is 0.165. The maximum Gasteiger partial charge on any atom is 0.136 e. The maximum absolute atomic E-state index is 12.4. The molecule has 0 amide bonds. The quantitative estimate of drug-likeness (QED) is 0.845. The van der Waals surface area contributed by atoms with Crippen LogP contribution in [0.2, 0.25) is 0 Å². The Hall–Kier alpha value is -2.29. The molecule has 124 valence electrons. The standard InChI is InChI=1S/C21H22O3/c1-23-14-5-3-13(4-6-14)18-12-20-17(9-10-21(20)22)16-8-7-15(24-2)11-19(16)18/h3-8,11,17-18,20H,9-10,12H2,1-2H3/t17-,18-,20+/m0/s1. The monoisotopic (exact) mass is 322 g/mol. The predicted octanol–water partition coefficient (Wildman–Crippen LogP) is 4.30. The second-order valence-electron chi connectivity index (χ2n) is 6.77. The number of fused-ring (bicyclic) bond motifs is 3. The zero-order chi connectivity index (χ0) is 16.7. The van der Waals surface area contributed by atoms with Gasteiger partial charge < -0.3 is 9.47 Å². The number of rotatable bonds is 3. The van der Waals surface area contributed by atoms with Crippen LogP contribution in [0.4, 0.5) is 0 Å². The first-order valence-corrected chi connectivity index (χ1v) is 8.55. The van der Waals surface area contributed by atoms with Crippen LogP contribution in [0.3, 0.4) is 0 Å². The molecule has 3 heteroatoms. The van der Waals surface area contributed by atoms with Gasteiger partial charge in [0.1, 0.15) is 17.3 Å². The van der Waals surface area contributed by atoms with Gasteiger partial charge >= 0.3 is 0 Å². The zero-order valence-corrected chi connectivity index (χ0v) is 14.1. The van der Waals surface area contributed by atoms with Crippen molar-refractivity contribution in [2.75, 3.05) is 14.2 Å². The van der Waals surface area contributed by atoms with Gasteiger partial charge in [-0.05, 0) is 59.7 Å². The summed E-state index contributed by atoms with van der Waals surface area (Å²) in [5, 5.41) is 0. The number of carbonyl (C=O) groups excluding carboxylic acids is 1. The smallest absolute Gasteiger partial charge is 0.136 e. The molecule has 0 radical (unpaired) electrons. The van der Waals surface area contributed by atoms with Crippen molar-refractivity contribution in [3.63, 3.8) is 0 Å². The van der Waals surface area contributed by atoms with Crippen LogP contribution >= 0.6 is 0 Å². The van der Waals surface area contributed by atoms with Crippen LogP contribution in [0.1, 0.15) is 47.8 Å². The lowest BCUT2D eigenvalue weighted by atomic mass is 9.69. The molecule has 1 fully saturated rings. The number of ether oxygens (including phenoxy) is 2. The summed E-state index contributed by atoms with van der Waals surface area (Å²) in [5.41, 5.74) is 3.89. The van der Waals surface area contributed by atoms with Crippen molar-refractivity contribution in [2.45, 2.75) is 31.1 Å². The average molecular weight is 322 g/mol. The molecule has 24 heavy (non-hydrogen) atoms. The highest BCUT2D eigenvalue weighted by atomic mass is 16.5. The molecule has 0 N–H and O–H groups in total. The molecule has 0 aromatic heterocycles. The van der Waals surface area contributed by atoms with E-state index >= 15 is 0 Å². The van der Waals surface area contributed by atoms with E-state index in [0.717, 1.165) is 30.8 Å². The van der Waals surface area contributed by atoms with Gasteiger partial charge in [-0.25, -0.2) is 0 Å². The van der Waals surface area contributed by atoms with Gasteiger partial charge in [0.25, 0.3) is 0 Å². The molecule has 0 unspecified atom stereocenters. The third-order valence-corrected chi connectivity index (χ3v) is 5.68. The lowest BCUT2D eigenvalue weighted by molar-refractivity contribution is -0.121.